The summed E-state index contributed by atoms with van der Waals surface area (Å²) in [4.78, 5) is 17.0. The number of hydrogen-bond acceptors (Lipinski definition) is 3. The van der Waals surface area contributed by atoms with Crippen molar-refractivity contribution in [1.29, 1.82) is 0 Å². The number of amides is 2. The topological polar surface area (TPSA) is 44.8 Å². The third kappa shape index (κ3) is 3.93. The van der Waals surface area contributed by atoms with Crippen molar-refractivity contribution in [2.24, 2.45) is 0 Å². The van der Waals surface area contributed by atoms with Gasteiger partial charge in [0.1, 0.15) is 5.75 Å². The number of rotatable bonds is 4. The number of benzene rings is 2. The number of methoxy groups -OCH3 is 1. The van der Waals surface area contributed by atoms with E-state index >= 15 is 0 Å². The molecule has 0 spiro atoms. The first-order chi connectivity index (χ1) is 13.2. The Kier molecular flexibility index (Phi) is 5.30. The molecule has 0 bridgehead atoms. The molecule has 1 fully saturated rings. The molecule has 1 N–H and O–H groups in total. The lowest BCUT2D eigenvalue weighted by atomic mass is 10.1. The largest absolute Gasteiger partial charge is 0.496 e. The van der Waals surface area contributed by atoms with Crippen molar-refractivity contribution in [3.63, 3.8) is 0 Å². The zero-order chi connectivity index (χ0) is 18.6. The minimum absolute atomic E-state index is 0.00950. The van der Waals surface area contributed by atoms with E-state index < -0.39 is 0 Å². The number of hydrogen-bond donors (Lipinski definition) is 1. The van der Waals surface area contributed by atoms with E-state index in [1.807, 2.05) is 29.2 Å². The van der Waals surface area contributed by atoms with Crippen molar-refractivity contribution in [3.8, 4) is 5.75 Å². The van der Waals surface area contributed by atoms with Crippen LogP contribution in [0.4, 0.5) is 4.79 Å². The lowest BCUT2D eigenvalue weighted by Crippen LogP contribution is -2.54. The average molecular weight is 365 g/mol. The molecule has 5 nitrogen and oxygen atoms in total. The summed E-state index contributed by atoms with van der Waals surface area (Å²) < 4.78 is 5.35. The average Bonchev–Trinajstić information content (AvgIpc) is 3.16. The summed E-state index contributed by atoms with van der Waals surface area (Å²) in [5, 5.41) is 3.03. The molecular weight excluding hydrogens is 338 g/mol. The van der Waals surface area contributed by atoms with E-state index in [1.165, 1.54) is 11.1 Å². The van der Waals surface area contributed by atoms with E-state index in [0.29, 0.717) is 12.6 Å². The number of fused-ring (bicyclic) bond motifs is 1. The molecule has 2 aromatic carbocycles. The molecule has 2 aromatic rings. The highest BCUT2D eigenvalue weighted by Gasteiger charge is 2.30. The van der Waals surface area contributed by atoms with Crippen LogP contribution in [0.25, 0.3) is 0 Å². The van der Waals surface area contributed by atoms with E-state index in [4.69, 9.17) is 4.74 Å². The van der Waals surface area contributed by atoms with Gasteiger partial charge in [-0.05, 0) is 30.0 Å². The molecule has 0 radical (unpaired) electrons. The second-order valence-corrected chi connectivity index (χ2v) is 7.32. The summed E-state index contributed by atoms with van der Waals surface area (Å²) in [6.07, 6.45) is 2.27. The number of piperazine rings is 1. The minimum Gasteiger partial charge on any atom is -0.496 e. The Bertz CT molecular complexity index is 775. The van der Waals surface area contributed by atoms with E-state index in [0.717, 1.165) is 50.3 Å². The summed E-state index contributed by atoms with van der Waals surface area (Å²) in [6.45, 7) is 3.94. The third-order valence-corrected chi connectivity index (χ3v) is 5.77. The molecule has 0 unspecified atom stereocenters. The summed E-state index contributed by atoms with van der Waals surface area (Å²) in [6, 6.07) is 17.1. The van der Waals surface area contributed by atoms with Gasteiger partial charge < -0.3 is 15.0 Å². The SMILES string of the molecule is COc1ccccc1CNC(=O)N1CCN(C2Cc3ccccc3C2)CC1. The Morgan fingerprint density at radius 3 is 2.30 bits per heavy atom. The number of nitrogens with zero attached hydrogens (tertiary/aromatic N) is 2. The Labute approximate surface area is 160 Å². The monoisotopic (exact) mass is 365 g/mol. The molecule has 4 rings (SSSR count). The Balaban J connectivity index is 1.26. The van der Waals surface area contributed by atoms with Gasteiger partial charge in [-0.1, -0.05) is 42.5 Å². The maximum Gasteiger partial charge on any atom is 0.317 e. The van der Waals surface area contributed by atoms with Gasteiger partial charge in [-0.3, -0.25) is 4.90 Å². The Morgan fingerprint density at radius 2 is 1.63 bits per heavy atom. The molecule has 2 aliphatic rings. The van der Waals surface area contributed by atoms with Crippen LogP contribution in [0.3, 0.4) is 0 Å². The van der Waals surface area contributed by atoms with Crippen LogP contribution in [-0.2, 0) is 19.4 Å². The molecule has 142 valence electrons. The standard InChI is InChI=1S/C22H27N3O2/c1-27-21-9-5-4-8-19(21)16-23-22(26)25-12-10-24(11-13-25)20-14-17-6-2-3-7-18(17)15-20/h2-9,20H,10-16H2,1H3,(H,23,26). The first kappa shape index (κ1) is 17.9. The minimum atomic E-state index is 0.00950. The van der Waals surface area contributed by atoms with E-state index in [2.05, 4.69) is 34.5 Å². The molecule has 1 aliphatic heterocycles. The number of urea groups is 1. The van der Waals surface area contributed by atoms with Crippen molar-refractivity contribution in [2.75, 3.05) is 33.3 Å². The Morgan fingerprint density at radius 1 is 1.00 bits per heavy atom. The summed E-state index contributed by atoms with van der Waals surface area (Å²) in [5.41, 5.74) is 3.97. The zero-order valence-electron chi connectivity index (χ0n) is 15.9. The molecule has 1 heterocycles. The zero-order valence-corrected chi connectivity index (χ0v) is 15.9. The van der Waals surface area contributed by atoms with E-state index in [1.54, 1.807) is 7.11 Å². The fraction of sp³-hybridized carbons (Fsp3) is 0.409. The van der Waals surface area contributed by atoms with Crippen LogP contribution < -0.4 is 10.1 Å². The maximum atomic E-state index is 12.5. The normalized spacial score (nSPS) is 17.6. The van der Waals surface area contributed by atoms with Gasteiger partial charge in [0.2, 0.25) is 0 Å². The lowest BCUT2D eigenvalue weighted by Gasteiger charge is -2.38. The van der Waals surface area contributed by atoms with Crippen LogP contribution in [0.2, 0.25) is 0 Å². The number of carbonyl (C=O) groups excluding carboxylic acids is 1. The second-order valence-electron chi connectivity index (χ2n) is 7.32. The van der Waals surface area contributed by atoms with Crippen LogP contribution in [0.15, 0.2) is 48.5 Å². The Hall–Kier alpha value is -2.53. The predicted octanol–water partition coefficient (Wildman–Crippen LogP) is 2.69. The summed E-state index contributed by atoms with van der Waals surface area (Å²) in [7, 11) is 1.65. The number of nitrogens with one attached hydrogen (secondary N) is 1. The molecular formula is C22H27N3O2. The molecule has 1 saturated heterocycles. The second kappa shape index (κ2) is 8.01. The fourth-order valence-electron chi connectivity index (χ4n) is 4.22. The molecule has 5 heteroatoms. The van der Waals surface area contributed by atoms with Crippen LogP contribution >= 0.6 is 0 Å². The third-order valence-electron chi connectivity index (χ3n) is 5.77. The van der Waals surface area contributed by atoms with Crippen molar-refractivity contribution in [2.45, 2.75) is 25.4 Å². The molecule has 27 heavy (non-hydrogen) atoms. The van der Waals surface area contributed by atoms with Gasteiger partial charge >= 0.3 is 6.03 Å². The van der Waals surface area contributed by atoms with Crippen molar-refractivity contribution in [1.82, 2.24) is 15.1 Å². The van der Waals surface area contributed by atoms with Gasteiger partial charge in [-0.25, -0.2) is 4.79 Å². The highest BCUT2D eigenvalue weighted by atomic mass is 16.5. The molecule has 0 atom stereocenters. The van der Waals surface area contributed by atoms with Crippen molar-refractivity contribution < 1.29 is 9.53 Å². The summed E-state index contributed by atoms with van der Waals surface area (Å²) in [5.74, 6) is 0.809. The van der Waals surface area contributed by atoms with Gasteiger partial charge in [-0.15, -0.1) is 0 Å². The van der Waals surface area contributed by atoms with E-state index in [9.17, 15) is 4.79 Å². The molecule has 2 amide bonds. The quantitative estimate of drug-likeness (QED) is 0.906. The first-order valence-corrected chi connectivity index (χ1v) is 9.70. The van der Waals surface area contributed by atoms with Gasteiger partial charge in [0.15, 0.2) is 0 Å². The maximum absolute atomic E-state index is 12.5. The first-order valence-electron chi connectivity index (χ1n) is 9.70. The molecule has 0 saturated carbocycles. The predicted molar refractivity (Wildman–Crippen MR) is 106 cm³/mol. The number of para-hydroxylation sites is 1. The smallest absolute Gasteiger partial charge is 0.317 e. The van der Waals surface area contributed by atoms with Gasteiger partial charge in [0, 0.05) is 44.3 Å². The van der Waals surface area contributed by atoms with Gasteiger partial charge in [0.25, 0.3) is 0 Å². The summed E-state index contributed by atoms with van der Waals surface area (Å²) >= 11 is 0. The van der Waals surface area contributed by atoms with Crippen LogP contribution in [-0.4, -0.2) is 55.2 Å². The highest BCUT2D eigenvalue weighted by Crippen LogP contribution is 2.26. The number of ether oxygens (including phenoxy) is 1. The van der Waals surface area contributed by atoms with E-state index in [-0.39, 0.29) is 6.03 Å². The molecule has 1 aliphatic carbocycles. The highest BCUT2D eigenvalue weighted by molar-refractivity contribution is 5.74. The van der Waals surface area contributed by atoms with Crippen LogP contribution in [0, 0.1) is 0 Å². The van der Waals surface area contributed by atoms with Crippen LogP contribution in [0.5, 0.6) is 5.75 Å². The van der Waals surface area contributed by atoms with Gasteiger partial charge in [0.05, 0.1) is 7.11 Å². The fourth-order valence-corrected chi connectivity index (χ4v) is 4.22. The van der Waals surface area contributed by atoms with Crippen LogP contribution in [0.1, 0.15) is 16.7 Å². The van der Waals surface area contributed by atoms with Gasteiger partial charge in [-0.2, -0.15) is 0 Å². The lowest BCUT2D eigenvalue weighted by molar-refractivity contribution is 0.111. The number of carbonyl (C=O) groups is 1. The van der Waals surface area contributed by atoms with Crippen molar-refractivity contribution in [3.05, 3.63) is 65.2 Å². The molecule has 0 aromatic heterocycles. The van der Waals surface area contributed by atoms with Crippen molar-refractivity contribution >= 4 is 6.03 Å².